The van der Waals surface area contributed by atoms with Crippen LogP contribution in [0.25, 0.3) is 0 Å². The monoisotopic (exact) mass is 227 g/mol. The maximum atomic E-state index is 12.0. The molecule has 0 radical (unpaired) electrons. The molecule has 0 aliphatic carbocycles. The Balaban J connectivity index is 2.87. The molecule has 0 aromatic heterocycles. The molecule has 1 aliphatic rings. The number of hydrogen-bond donors (Lipinski definition) is 2. The third-order valence-corrected chi connectivity index (χ3v) is 2.12. The van der Waals surface area contributed by atoms with Gasteiger partial charge in [0.15, 0.2) is 6.04 Å². The first-order chi connectivity index (χ1) is 6.75. The van der Waals surface area contributed by atoms with Gasteiger partial charge in [-0.3, -0.25) is 4.79 Å². The lowest BCUT2D eigenvalue weighted by Crippen LogP contribution is -2.49. The van der Waals surface area contributed by atoms with Gasteiger partial charge in [0.2, 0.25) is 0 Å². The van der Waals surface area contributed by atoms with E-state index < -0.39 is 36.7 Å². The smallest absolute Gasteiger partial charge is 0.471 e. The number of rotatable bonds is 1. The van der Waals surface area contributed by atoms with Crippen molar-refractivity contribution < 1.29 is 33.0 Å². The molecule has 0 aromatic rings. The number of amides is 1. The van der Waals surface area contributed by atoms with Gasteiger partial charge in [-0.1, -0.05) is 0 Å². The molecule has 0 saturated carbocycles. The largest absolute Gasteiger partial charge is 0.480 e. The molecule has 1 heterocycles. The van der Waals surface area contributed by atoms with E-state index in [2.05, 4.69) is 0 Å². The molecule has 5 nitrogen and oxygen atoms in total. The molecular weight excluding hydrogens is 219 g/mol. The van der Waals surface area contributed by atoms with E-state index in [-0.39, 0.29) is 11.3 Å². The minimum absolute atomic E-state index is 0.132. The van der Waals surface area contributed by atoms with Crippen LogP contribution < -0.4 is 0 Å². The van der Waals surface area contributed by atoms with Crippen molar-refractivity contribution in [1.29, 1.82) is 0 Å². The van der Waals surface area contributed by atoms with Gasteiger partial charge in [-0.05, 0) is 6.42 Å². The lowest BCUT2D eigenvalue weighted by molar-refractivity contribution is -0.189. The van der Waals surface area contributed by atoms with Gasteiger partial charge in [-0.15, -0.1) is 0 Å². The van der Waals surface area contributed by atoms with Crippen molar-refractivity contribution in [2.75, 3.05) is 6.54 Å². The quantitative estimate of drug-likeness (QED) is 0.638. The Labute approximate surface area is 82.1 Å². The fraction of sp³-hybridized carbons (Fsp3) is 0.714. The highest BCUT2D eigenvalue weighted by molar-refractivity contribution is 5.88. The van der Waals surface area contributed by atoms with Crippen LogP contribution in [0.4, 0.5) is 13.2 Å². The highest BCUT2D eigenvalue weighted by Gasteiger charge is 2.50. The summed E-state index contributed by atoms with van der Waals surface area (Å²) < 4.78 is 36.0. The zero-order valence-corrected chi connectivity index (χ0v) is 7.36. The molecule has 8 heteroatoms. The number of likely N-dealkylation sites (tertiary alicyclic amines) is 1. The van der Waals surface area contributed by atoms with Gasteiger partial charge in [0.1, 0.15) is 0 Å². The number of aliphatic hydroxyl groups excluding tert-OH is 1. The first kappa shape index (κ1) is 11.8. The average Bonchev–Trinajstić information content (AvgIpc) is 2.43. The summed E-state index contributed by atoms with van der Waals surface area (Å²) in [4.78, 5) is 21.4. The fourth-order valence-electron chi connectivity index (χ4n) is 1.46. The van der Waals surface area contributed by atoms with E-state index in [9.17, 15) is 22.8 Å². The van der Waals surface area contributed by atoms with Crippen LogP contribution in [0.1, 0.15) is 6.42 Å². The summed E-state index contributed by atoms with van der Waals surface area (Å²) >= 11 is 0. The van der Waals surface area contributed by atoms with Crippen LogP contribution in [0, 0.1) is 0 Å². The van der Waals surface area contributed by atoms with Gasteiger partial charge in [0.25, 0.3) is 0 Å². The first-order valence-corrected chi connectivity index (χ1v) is 4.04. The zero-order chi connectivity index (χ0) is 11.8. The van der Waals surface area contributed by atoms with Crippen molar-refractivity contribution >= 4 is 11.9 Å². The number of carbonyl (C=O) groups excluding carboxylic acids is 1. The molecule has 86 valence electrons. The number of carbonyl (C=O) groups is 2. The summed E-state index contributed by atoms with van der Waals surface area (Å²) in [6.07, 6.45) is -6.73. The van der Waals surface area contributed by atoms with Crippen molar-refractivity contribution in [3.8, 4) is 0 Å². The molecule has 0 bridgehead atoms. The summed E-state index contributed by atoms with van der Waals surface area (Å²) in [5.41, 5.74) is 0. The fourth-order valence-corrected chi connectivity index (χ4v) is 1.46. The first-order valence-electron chi connectivity index (χ1n) is 4.04. The molecule has 1 rings (SSSR count). The molecule has 0 aromatic carbocycles. The van der Waals surface area contributed by atoms with Crippen LogP contribution in [0.2, 0.25) is 0 Å². The van der Waals surface area contributed by atoms with Gasteiger partial charge in [-0.25, -0.2) is 4.79 Å². The lowest BCUT2D eigenvalue weighted by atomic mass is 10.2. The van der Waals surface area contributed by atoms with Crippen LogP contribution in [0.3, 0.4) is 0 Å². The third-order valence-electron chi connectivity index (χ3n) is 2.12. The highest BCUT2D eigenvalue weighted by atomic mass is 19.4. The third kappa shape index (κ3) is 2.20. The summed E-state index contributed by atoms with van der Waals surface area (Å²) in [7, 11) is 0. The summed E-state index contributed by atoms with van der Waals surface area (Å²) in [6, 6.07) is -1.81. The van der Waals surface area contributed by atoms with Crippen molar-refractivity contribution in [1.82, 2.24) is 4.90 Å². The Morgan fingerprint density at radius 1 is 1.33 bits per heavy atom. The van der Waals surface area contributed by atoms with E-state index in [0.29, 0.717) is 0 Å². The van der Waals surface area contributed by atoms with E-state index in [0.717, 1.165) is 0 Å². The predicted molar refractivity (Wildman–Crippen MR) is 39.8 cm³/mol. The van der Waals surface area contributed by atoms with Crippen molar-refractivity contribution in [2.45, 2.75) is 24.7 Å². The second-order valence-electron chi connectivity index (χ2n) is 3.14. The van der Waals surface area contributed by atoms with E-state index in [4.69, 9.17) is 10.2 Å². The SMILES string of the molecule is O=C(O)C1C(O)CCN1C(=O)C(F)(F)F. The maximum Gasteiger partial charge on any atom is 0.471 e. The number of carboxylic acid groups (broad SMARTS) is 1. The van der Waals surface area contributed by atoms with E-state index in [1.54, 1.807) is 0 Å². The summed E-state index contributed by atoms with van der Waals surface area (Å²) in [5.74, 6) is -3.87. The molecule has 0 spiro atoms. The van der Waals surface area contributed by atoms with Crippen molar-refractivity contribution in [3.63, 3.8) is 0 Å². The molecule has 1 aliphatic heterocycles. The minimum Gasteiger partial charge on any atom is -0.480 e. The van der Waals surface area contributed by atoms with Crippen LogP contribution in [-0.4, -0.2) is 51.9 Å². The zero-order valence-electron chi connectivity index (χ0n) is 7.36. The maximum absolute atomic E-state index is 12.0. The number of aliphatic carboxylic acids is 1. The molecule has 2 atom stereocenters. The predicted octanol–water partition coefficient (Wildman–Crippen LogP) is -0.405. The molecule has 2 N–H and O–H groups in total. The summed E-state index contributed by atoms with van der Waals surface area (Å²) in [5, 5.41) is 17.6. The molecule has 1 fully saturated rings. The van der Waals surface area contributed by atoms with E-state index >= 15 is 0 Å². The molecule has 1 amide bonds. The number of halogens is 3. The Morgan fingerprint density at radius 2 is 1.87 bits per heavy atom. The van der Waals surface area contributed by atoms with Gasteiger partial charge >= 0.3 is 18.1 Å². The van der Waals surface area contributed by atoms with Crippen LogP contribution in [0.5, 0.6) is 0 Å². The number of aliphatic hydroxyl groups is 1. The number of nitrogens with zero attached hydrogens (tertiary/aromatic N) is 1. The van der Waals surface area contributed by atoms with E-state index in [1.807, 2.05) is 0 Å². The topological polar surface area (TPSA) is 77.8 Å². The van der Waals surface area contributed by atoms with Gasteiger partial charge in [-0.2, -0.15) is 13.2 Å². The van der Waals surface area contributed by atoms with Gasteiger partial charge < -0.3 is 15.1 Å². The van der Waals surface area contributed by atoms with Crippen LogP contribution in [-0.2, 0) is 9.59 Å². The van der Waals surface area contributed by atoms with Crippen LogP contribution >= 0.6 is 0 Å². The standard InChI is InChI=1S/C7H8F3NO4/c8-7(9,10)6(15)11-2-1-3(12)4(11)5(13)14/h3-4,12H,1-2H2,(H,13,14). The second kappa shape index (κ2) is 3.69. The van der Waals surface area contributed by atoms with Crippen molar-refractivity contribution in [3.05, 3.63) is 0 Å². The van der Waals surface area contributed by atoms with Gasteiger partial charge in [0, 0.05) is 6.54 Å². The molecule has 1 saturated heterocycles. The molecular formula is C7H8F3NO4. The van der Waals surface area contributed by atoms with Crippen LogP contribution in [0.15, 0.2) is 0 Å². The number of carboxylic acids is 1. The van der Waals surface area contributed by atoms with Crippen molar-refractivity contribution in [2.24, 2.45) is 0 Å². The number of hydrogen-bond acceptors (Lipinski definition) is 3. The molecule has 15 heavy (non-hydrogen) atoms. The van der Waals surface area contributed by atoms with E-state index in [1.165, 1.54) is 0 Å². The molecule has 2 unspecified atom stereocenters. The second-order valence-corrected chi connectivity index (χ2v) is 3.14. The highest BCUT2D eigenvalue weighted by Crippen LogP contribution is 2.25. The lowest BCUT2D eigenvalue weighted by Gasteiger charge is -2.23. The normalized spacial score (nSPS) is 26.8. The van der Waals surface area contributed by atoms with Gasteiger partial charge in [0.05, 0.1) is 6.10 Å². The Hall–Kier alpha value is -1.31. The Morgan fingerprint density at radius 3 is 2.27 bits per heavy atom. The summed E-state index contributed by atoms with van der Waals surface area (Å²) in [6.45, 7) is -0.406. The Kier molecular flexibility index (Phi) is 2.89. The number of alkyl halides is 3. The Bertz CT molecular complexity index is 290. The average molecular weight is 227 g/mol. The minimum atomic E-state index is -5.11.